The van der Waals surface area contributed by atoms with E-state index in [2.05, 4.69) is 15.9 Å². The van der Waals surface area contributed by atoms with Crippen molar-refractivity contribution in [3.63, 3.8) is 0 Å². The minimum atomic E-state index is -4.03. The molecule has 0 radical (unpaired) electrons. The summed E-state index contributed by atoms with van der Waals surface area (Å²) in [6, 6.07) is 7.21. The molecule has 124 valence electrons. The lowest BCUT2D eigenvalue weighted by Crippen LogP contribution is -2.41. The number of aromatic nitrogens is 2. The van der Waals surface area contributed by atoms with Crippen LogP contribution in [0.1, 0.15) is 5.56 Å². The summed E-state index contributed by atoms with van der Waals surface area (Å²) in [5.74, 6) is 0. The minimum Gasteiger partial charge on any atom is -0.302 e. The number of aryl methyl sites for hydroxylation is 1. The van der Waals surface area contributed by atoms with Crippen LogP contribution in [0.15, 0.2) is 49.4 Å². The van der Waals surface area contributed by atoms with Gasteiger partial charge in [-0.1, -0.05) is 34.1 Å². The Morgan fingerprint density at radius 3 is 2.39 bits per heavy atom. The molecule has 0 fully saturated rings. The lowest BCUT2D eigenvalue weighted by atomic mass is 10.2. The molecule has 9 heteroatoms. The Balaban J connectivity index is 2.49. The average Bonchev–Trinajstić information content (AvgIpc) is 2.50. The molecule has 23 heavy (non-hydrogen) atoms. The van der Waals surface area contributed by atoms with Crippen LogP contribution in [0.25, 0.3) is 0 Å². The maximum atomic E-state index is 12.7. The summed E-state index contributed by atoms with van der Waals surface area (Å²) in [5, 5.41) is 0. The highest BCUT2D eigenvalue weighted by atomic mass is 79.9. The fourth-order valence-electron chi connectivity index (χ4n) is 2.07. The minimum absolute atomic E-state index is 0.0930. The zero-order valence-corrected chi connectivity index (χ0v) is 15.3. The molecule has 0 N–H and O–H groups in total. The number of hydrogen-bond donors (Lipinski definition) is 0. The van der Waals surface area contributed by atoms with E-state index in [0.717, 1.165) is 29.7 Å². The molecular weight excluding hydrogens is 386 g/mol. The van der Waals surface area contributed by atoms with Crippen molar-refractivity contribution in [2.75, 3.05) is 7.05 Å². The summed E-state index contributed by atoms with van der Waals surface area (Å²) in [6.07, 6.45) is 1.05. The highest BCUT2D eigenvalue weighted by molar-refractivity contribution is 9.10. The molecule has 7 nitrogen and oxygen atoms in total. The number of nitrogens with zero attached hydrogens (tertiary/aromatic N) is 3. The Morgan fingerprint density at radius 1 is 1.17 bits per heavy atom. The highest BCUT2D eigenvalue weighted by Crippen LogP contribution is 2.20. The molecule has 1 heterocycles. The van der Waals surface area contributed by atoms with E-state index >= 15 is 0 Å². The normalized spacial score (nSPS) is 11.9. The Kier molecular flexibility index (Phi) is 4.92. The van der Waals surface area contributed by atoms with E-state index in [4.69, 9.17) is 0 Å². The van der Waals surface area contributed by atoms with E-state index < -0.39 is 26.2 Å². The molecule has 2 rings (SSSR count). The van der Waals surface area contributed by atoms with Gasteiger partial charge in [-0.15, -0.1) is 0 Å². The van der Waals surface area contributed by atoms with Crippen LogP contribution >= 0.6 is 15.9 Å². The topological polar surface area (TPSA) is 81.4 Å². The molecule has 0 unspecified atom stereocenters. The molecular formula is C14H16BrN3O4S. The van der Waals surface area contributed by atoms with Crippen LogP contribution in [0.2, 0.25) is 0 Å². The van der Waals surface area contributed by atoms with E-state index in [1.807, 2.05) is 6.07 Å². The number of halogens is 1. The van der Waals surface area contributed by atoms with Gasteiger partial charge in [0.05, 0.1) is 0 Å². The molecule has 1 aromatic carbocycles. The molecule has 0 aliphatic rings. The van der Waals surface area contributed by atoms with E-state index in [9.17, 15) is 18.0 Å². The Hall–Kier alpha value is -1.71. The molecule has 0 bridgehead atoms. The lowest BCUT2D eigenvalue weighted by molar-refractivity contribution is 0.462. The first-order valence-electron chi connectivity index (χ1n) is 6.62. The van der Waals surface area contributed by atoms with Gasteiger partial charge in [0.1, 0.15) is 0 Å². The van der Waals surface area contributed by atoms with Gasteiger partial charge in [-0.05, 0) is 11.6 Å². The number of benzene rings is 1. The lowest BCUT2D eigenvalue weighted by Gasteiger charge is -2.18. The Bertz CT molecular complexity index is 963. The molecule has 0 atom stereocenters. The number of sulfonamides is 1. The van der Waals surface area contributed by atoms with Gasteiger partial charge < -0.3 is 4.57 Å². The van der Waals surface area contributed by atoms with Crippen LogP contribution in [0.5, 0.6) is 0 Å². The third-order valence-corrected chi connectivity index (χ3v) is 6.01. The fourth-order valence-corrected chi connectivity index (χ4v) is 3.78. The molecule has 0 saturated carbocycles. The van der Waals surface area contributed by atoms with Crippen LogP contribution in [-0.2, 0) is 30.7 Å². The van der Waals surface area contributed by atoms with E-state index in [-0.39, 0.29) is 6.54 Å². The molecule has 0 saturated heterocycles. The van der Waals surface area contributed by atoms with Gasteiger partial charge in [0.15, 0.2) is 4.90 Å². The van der Waals surface area contributed by atoms with Crippen molar-refractivity contribution in [1.82, 2.24) is 13.4 Å². The second-order valence-electron chi connectivity index (χ2n) is 5.10. The van der Waals surface area contributed by atoms with Gasteiger partial charge in [-0.2, -0.15) is 4.31 Å². The first-order chi connectivity index (χ1) is 10.7. The quantitative estimate of drug-likeness (QED) is 0.753. The first-order valence-corrected chi connectivity index (χ1v) is 8.86. The van der Waals surface area contributed by atoms with Crippen molar-refractivity contribution in [3.8, 4) is 0 Å². The summed E-state index contributed by atoms with van der Waals surface area (Å²) in [5.41, 5.74) is -0.658. The zero-order chi connectivity index (χ0) is 17.4. The third kappa shape index (κ3) is 3.31. The van der Waals surface area contributed by atoms with Gasteiger partial charge in [0, 0.05) is 38.4 Å². The van der Waals surface area contributed by atoms with Gasteiger partial charge in [-0.25, -0.2) is 13.2 Å². The van der Waals surface area contributed by atoms with Crippen molar-refractivity contribution in [2.45, 2.75) is 11.4 Å². The molecule has 1 aromatic heterocycles. The first kappa shape index (κ1) is 17.6. The summed E-state index contributed by atoms with van der Waals surface area (Å²) >= 11 is 3.36. The second kappa shape index (κ2) is 6.42. The predicted octanol–water partition coefficient (Wildman–Crippen LogP) is 0.667. The van der Waals surface area contributed by atoms with E-state index in [1.165, 1.54) is 21.1 Å². The second-order valence-corrected chi connectivity index (χ2v) is 7.97. The Labute approximate surface area is 142 Å². The molecule has 0 aliphatic carbocycles. The van der Waals surface area contributed by atoms with Crippen molar-refractivity contribution < 1.29 is 8.42 Å². The highest BCUT2D eigenvalue weighted by Gasteiger charge is 2.26. The summed E-state index contributed by atoms with van der Waals surface area (Å²) < 4.78 is 29.0. The summed E-state index contributed by atoms with van der Waals surface area (Å²) in [7, 11) is 0.00618. The standard InChI is InChI=1S/C14H16BrN3O4S/c1-16-9-12(13(19)18(3)14(16)20)23(21,22)17(2)8-10-6-4-5-7-11(10)15/h4-7,9H,8H2,1-3H3. The maximum Gasteiger partial charge on any atom is 0.330 e. The largest absolute Gasteiger partial charge is 0.330 e. The van der Waals surface area contributed by atoms with E-state index in [1.54, 1.807) is 18.2 Å². The average molecular weight is 402 g/mol. The molecule has 0 spiro atoms. The maximum absolute atomic E-state index is 12.7. The molecule has 0 aliphatic heterocycles. The zero-order valence-electron chi connectivity index (χ0n) is 12.9. The predicted molar refractivity (Wildman–Crippen MR) is 89.7 cm³/mol. The molecule has 0 amide bonds. The smallest absolute Gasteiger partial charge is 0.302 e. The van der Waals surface area contributed by atoms with Crippen LogP contribution in [0.4, 0.5) is 0 Å². The van der Waals surface area contributed by atoms with Crippen molar-refractivity contribution in [1.29, 1.82) is 0 Å². The molecule has 2 aromatic rings. The summed E-state index contributed by atoms with van der Waals surface area (Å²) in [4.78, 5) is 23.4. The van der Waals surface area contributed by atoms with Gasteiger partial charge in [-0.3, -0.25) is 9.36 Å². The van der Waals surface area contributed by atoms with Crippen LogP contribution in [-0.4, -0.2) is 28.9 Å². The van der Waals surface area contributed by atoms with E-state index in [0.29, 0.717) is 0 Å². The van der Waals surface area contributed by atoms with Gasteiger partial charge >= 0.3 is 5.69 Å². The van der Waals surface area contributed by atoms with Crippen LogP contribution < -0.4 is 11.2 Å². The summed E-state index contributed by atoms with van der Waals surface area (Å²) in [6.45, 7) is 0.0930. The number of hydrogen-bond acceptors (Lipinski definition) is 4. The van der Waals surface area contributed by atoms with Crippen molar-refractivity contribution in [3.05, 3.63) is 61.3 Å². The number of rotatable bonds is 4. The van der Waals surface area contributed by atoms with Crippen LogP contribution in [0, 0.1) is 0 Å². The SMILES string of the molecule is CN(Cc1ccccc1Br)S(=O)(=O)c1cn(C)c(=O)n(C)c1=O. The third-order valence-electron chi connectivity index (χ3n) is 3.45. The Morgan fingerprint density at radius 2 is 1.78 bits per heavy atom. The van der Waals surface area contributed by atoms with Crippen molar-refractivity contribution >= 4 is 26.0 Å². The van der Waals surface area contributed by atoms with Crippen molar-refractivity contribution in [2.24, 2.45) is 14.1 Å². The van der Waals surface area contributed by atoms with Gasteiger partial charge in [0.25, 0.3) is 5.56 Å². The van der Waals surface area contributed by atoms with Crippen LogP contribution in [0.3, 0.4) is 0 Å². The fraction of sp³-hybridized carbons (Fsp3) is 0.286. The monoisotopic (exact) mass is 401 g/mol. The van der Waals surface area contributed by atoms with Gasteiger partial charge in [0.2, 0.25) is 10.0 Å².